The van der Waals surface area contributed by atoms with Crippen LogP contribution in [0.25, 0.3) is 0 Å². The highest BCUT2D eigenvalue weighted by Gasteiger charge is 2.22. The third-order valence-corrected chi connectivity index (χ3v) is 2.66. The summed E-state index contributed by atoms with van der Waals surface area (Å²) in [7, 11) is 0. The first-order valence-corrected chi connectivity index (χ1v) is 5.44. The lowest BCUT2D eigenvalue weighted by atomic mass is 10.1. The Hall–Kier alpha value is -1.89. The van der Waals surface area contributed by atoms with E-state index in [4.69, 9.17) is 10.8 Å². The first-order valence-electron chi connectivity index (χ1n) is 5.44. The molecule has 0 amide bonds. The second-order valence-corrected chi connectivity index (χ2v) is 3.97. The number of aliphatic carboxylic acids is 1. The minimum absolute atomic E-state index is 0.0579. The van der Waals surface area contributed by atoms with E-state index < -0.39 is 5.97 Å². The zero-order chi connectivity index (χ0) is 12.3. The molecule has 1 aliphatic rings. The number of nitrogens with two attached hydrogens (primary N) is 1. The maximum Gasteiger partial charge on any atom is 0.304 e. The van der Waals surface area contributed by atoms with Gasteiger partial charge in [0.1, 0.15) is 5.82 Å². The Balaban J connectivity index is 2.04. The highest BCUT2D eigenvalue weighted by atomic mass is 16.4. The lowest BCUT2D eigenvalue weighted by Gasteiger charge is -2.33. The number of aromatic nitrogens is 2. The molecule has 0 aromatic carbocycles. The molecule has 0 saturated carbocycles. The van der Waals surface area contributed by atoms with Gasteiger partial charge in [-0.2, -0.15) is 4.98 Å². The molecule has 17 heavy (non-hydrogen) atoms. The summed E-state index contributed by atoms with van der Waals surface area (Å²) in [6.45, 7) is 2.14. The molecule has 7 heteroatoms. The summed E-state index contributed by atoms with van der Waals surface area (Å²) in [6.07, 6.45) is 1.71. The summed E-state index contributed by atoms with van der Waals surface area (Å²) >= 11 is 0. The maximum atomic E-state index is 10.7. The molecule has 4 N–H and O–H groups in total. The third-order valence-electron chi connectivity index (χ3n) is 2.66. The number of carboxylic acids is 1. The van der Waals surface area contributed by atoms with Crippen LogP contribution in [-0.2, 0) is 4.79 Å². The number of piperazine rings is 1. The normalized spacial score (nSPS) is 20.2. The Bertz CT molecular complexity index is 411. The molecule has 1 saturated heterocycles. The number of nitrogen functional groups attached to an aromatic ring is 1. The zero-order valence-corrected chi connectivity index (χ0v) is 9.33. The molecule has 0 aliphatic carbocycles. The van der Waals surface area contributed by atoms with Crippen LogP contribution in [-0.4, -0.2) is 46.7 Å². The van der Waals surface area contributed by atoms with Crippen molar-refractivity contribution in [2.45, 2.75) is 12.5 Å². The predicted octanol–water partition coefficient (Wildman–Crippen LogP) is -0.688. The maximum absolute atomic E-state index is 10.7. The molecule has 2 heterocycles. The van der Waals surface area contributed by atoms with Gasteiger partial charge < -0.3 is 21.1 Å². The van der Waals surface area contributed by atoms with Crippen molar-refractivity contribution >= 4 is 17.7 Å². The van der Waals surface area contributed by atoms with Gasteiger partial charge >= 0.3 is 5.97 Å². The van der Waals surface area contributed by atoms with Gasteiger partial charge in [-0.25, -0.2) is 4.98 Å². The fourth-order valence-electron chi connectivity index (χ4n) is 1.92. The SMILES string of the molecule is Nc1nccc(N2CCNC(CC(=O)O)C2)n1. The van der Waals surface area contributed by atoms with Crippen molar-refractivity contribution in [2.24, 2.45) is 0 Å². The topological polar surface area (TPSA) is 104 Å². The van der Waals surface area contributed by atoms with E-state index in [-0.39, 0.29) is 18.4 Å². The summed E-state index contributed by atoms with van der Waals surface area (Å²) in [4.78, 5) is 20.6. The van der Waals surface area contributed by atoms with Crippen molar-refractivity contribution in [2.75, 3.05) is 30.3 Å². The summed E-state index contributed by atoms with van der Waals surface area (Å²) in [6, 6.07) is 1.72. The summed E-state index contributed by atoms with van der Waals surface area (Å²) < 4.78 is 0. The van der Waals surface area contributed by atoms with Crippen LogP contribution >= 0.6 is 0 Å². The van der Waals surface area contributed by atoms with E-state index in [2.05, 4.69) is 15.3 Å². The number of nitrogens with one attached hydrogen (secondary N) is 1. The van der Waals surface area contributed by atoms with E-state index in [1.807, 2.05) is 4.90 Å². The summed E-state index contributed by atoms with van der Waals surface area (Å²) in [5, 5.41) is 11.9. The van der Waals surface area contributed by atoms with Gasteiger partial charge in [0.05, 0.1) is 6.42 Å². The smallest absolute Gasteiger partial charge is 0.304 e. The average Bonchev–Trinajstić information content (AvgIpc) is 2.28. The minimum Gasteiger partial charge on any atom is -0.481 e. The Morgan fingerprint density at radius 3 is 3.24 bits per heavy atom. The van der Waals surface area contributed by atoms with Crippen molar-refractivity contribution < 1.29 is 9.90 Å². The minimum atomic E-state index is -0.799. The second-order valence-electron chi connectivity index (χ2n) is 3.97. The Morgan fingerprint density at radius 2 is 2.53 bits per heavy atom. The number of carboxylic acid groups (broad SMARTS) is 1. The first-order chi connectivity index (χ1) is 8.15. The van der Waals surface area contributed by atoms with Gasteiger partial charge in [-0.1, -0.05) is 0 Å². The molecule has 0 radical (unpaired) electrons. The van der Waals surface area contributed by atoms with E-state index >= 15 is 0 Å². The Labute approximate surface area is 98.7 Å². The van der Waals surface area contributed by atoms with Crippen LogP contribution in [0.15, 0.2) is 12.3 Å². The quantitative estimate of drug-likeness (QED) is 0.639. The molecule has 92 valence electrons. The van der Waals surface area contributed by atoms with Gasteiger partial charge in [-0.3, -0.25) is 4.79 Å². The Kier molecular flexibility index (Phi) is 3.38. The van der Waals surface area contributed by atoms with Crippen LogP contribution in [0.2, 0.25) is 0 Å². The highest BCUT2D eigenvalue weighted by Crippen LogP contribution is 2.14. The monoisotopic (exact) mass is 237 g/mol. The average molecular weight is 237 g/mol. The molecular formula is C10H15N5O2. The predicted molar refractivity (Wildman–Crippen MR) is 62.7 cm³/mol. The second kappa shape index (κ2) is 4.96. The number of carbonyl (C=O) groups is 1. The molecule has 1 atom stereocenters. The lowest BCUT2D eigenvalue weighted by molar-refractivity contribution is -0.137. The molecular weight excluding hydrogens is 222 g/mol. The van der Waals surface area contributed by atoms with Crippen LogP contribution in [0.4, 0.5) is 11.8 Å². The van der Waals surface area contributed by atoms with Gasteiger partial charge in [0, 0.05) is 31.9 Å². The Morgan fingerprint density at radius 1 is 1.71 bits per heavy atom. The number of hydrogen-bond acceptors (Lipinski definition) is 6. The number of anilines is 2. The van der Waals surface area contributed by atoms with Crippen LogP contribution in [0.5, 0.6) is 0 Å². The molecule has 1 fully saturated rings. The lowest BCUT2D eigenvalue weighted by Crippen LogP contribution is -2.51. The fourth-order valence-corrected chi connectivity index (χ4v) is 1.92. The van der Waals surface area contributed by atoms with Crippen LogP contribution < -0.4 is 16.0 Å². The van der Waals surface area contributed by atoms with Gasteiger partial charge in [-0.15, -0.1) is 0 Å². The first kappa shape index (κ1) is 11.6. The van der Waals surface area contributed by atoms with E-state index in [9.17, 15) is 4.79 Å². The molecule has 0 spiro atoms. The molecule has 0 bridgehead atoms. The van der Waals surface area contributed by atoms with Crippen LogP contribution in [0.1, 0.15) is 6.42 Å². The molecule has 1 aromatic rings. The van der Waals surface area contributed by atoms with Gasteiger partial charge in [0.25, 0.3) is 0 Å². The fraction of sp³-hybridized carbons (Fsp3) is 0.500. The van der Waals surface area contributed by atoms with Crippen molar-refractivity contribution in [3.63, 3.8) is 0 Å². The van der Waals surface area contributed by atoms with Crippen molar-refractivity contribution in [1.29, 1.82) is 0 Å². The van der Waals surface area contributed by atoms with Crippen molar-refractivity contribution in [3.05, 3.63) is 12.3 Å². The summed E-state index contributed by atoms with van der Waals surface area (Å²) in [5.74, 6) is 0.178. The van der Waals surface area contributed by atoms with E-state index in [0.29, 0.717) is 6.54 Å². The third kappa shape index (κ3) is 3.04. The number of rotatable bonds is 3. The van der Waals surface area contributed by atoms with Crippen LogP contribution in [0, 0.1) is 0 Å². The molecule has 2 rings (SSSR count). The van der Waals surface area contributed by atoms with Crippen molar-refractivity contribution in [1.82, 2.24) is 15.3 Å². The van der Waals surface area contributed by atoms with E-state index in [1.54, 1.807) is 12.3 Å². The van der Waals surface area contributed by atoms with E-state index in [1.165, 1.54) is 0 Å². The molecule has 7 nitrogen and oxygen atoms in total. The number of hydrogen-bond donors (Lipinski definition) is 3. The molecule has 1 aromatic heterocycles. The largest absolute Gasteiger partial charge is 0.481 e. The molecule has 1 aliphatic heterocycles. The zero-order valence-electron chi connectivity index (χ0n) is 9.33. The molecule has 1 unspecified atom stereocenters. The van der Waals surface area contributed by atoms with Gasteiger partial charge in [0.15, 0.2) is 0 Å². The van der Waals surface area contributed by atoms with Crippen LogP contribution in [0.3, 0.4) is 0 Å². The standard InChI is InChI=1S/C10H15N5O2/c11-10-13-2-1-8(14-10)15-4-3-12-7(6-15)5-9(16)17/h1-2,7,12H,3-6H2,(H,16,17)(H2,11,13,14). The van der Waals surface area contributed by atoms with Crippen molar-refractivity contribution in [3.8, 4) is 0 Å². The highest BCUT2D eigenvalue weighted by molar-refractivity contribution is 5.67. The van der Waals surface area contributed by atoms with Gasteiger partial charge in [-0.05, 0) is 6.07 Å². The number of nitrogens with zero attached hydrogens (tertiary/aromatic N) is 3. The van der Waals surface area contributed by atoms with Gasteiger partial charge in [0.2, 0.25) is 5.95 Å². The van der Waals surface area contributed by atoms with E-state index in [0.717, 1.165) is 18.9 Å². The summed E-state index contributed by atoms with van der Waals surface area (Å²) in [5.41, 5.74) is 5.52.